The van der Waals surface area contributed by atoms with E-state index in [9.17, 15) is 14.7 Å². The second-order valence-corrected chi connectivity index (χ2v) is 4.63. The Kier molecular flexibility index (Phi) is 3.19. The normalized spacial score (nSPS) is 10.6. The van der Waals surface area contributed by atoms with Crippen LogP contribution in [0.25, 0.3) is 11.0 Å². The molecule has 0 saturated carbocycles. The van der Waals surface area contributed by atoms with Crippen LogP contribution < -0.4 is 5.63 Å². The van der Waals surface area contributed by atoms with Crippen LogP contribution in [0.15, 0.2) is 33.5 Å². The molecule has 88 valence electrons. The van der Waals surface area contributed by atoms with Crippen LogP contribution in [0.2, 0.25) is 0 Å². The van der Waals surface area contributed by atoms with Crippen LogP contribution in [0.3, 0.4) is 0 Å². The molecule has 17 heavy (non-hydrogen) atoms. The number of phenolic OH excluding ortho intramolecular Hbond substituents is 1. The number of aromatic hydroxyl groups is 1. The fraction of sp³-hybridized carbons (Fsp3) is 0.167. The average molecular weight is 250 g/mol. The average Bonchev–Trinajstić information content (AvgIpc) is 2.28. The second kappa shape index (κ2) is 4.63. The van der Waals surface area contributed by atoms with Gasteiger partial charge in [0.05, 0.1) is 0 Å². The van der Waals surface area contributed by atoms with Crippen molar-refractivity contribution in [2.75, 3.05) is 5.75 Å². The SMILES string of the molecule is CCSC(=O)c1cc2ccc(O)cc2oc1=O. The van der Waals surface area contributed by atoms with Gasteiger partial charge in [-0.15, -0.1) is 0 Å². The van der Waals surface area contributed by atoms with E-state index in [4.69, 9.17) is 4.42 Å². The molecule has 1 aromatic heterocycles. The van der Waals surface area contributed by atoms with Gasteiger partial charge in [0.2, 0.25) is 5.12 Å². The van der Waals surface area contributed by atoms with E-state index in [-0.39, 0.29) is 22.0 Å². The van der Waals surface area contributed by atoms with Gasteiger partial charge < -0.3 is 9.52 Å². The van der Waals surface area contributed by atoms with Crippen molar-refractivity contribution in [3.63, 3.8) is 0 Å². The molecule has 0 aliphatic heterocycles. The zero-order chi connectivity index (χ0) is 12.4. The third-order valence-corrected chi connectivity index (χ3v) is 2.99. The van der Waals surface area contributed by atoms with E-state index in [1.807, 2.05) is 6.92 Å². The molecule has 0 fully saturated rings. The number of hydrogen-bond acceptors (Lipinski definition) is 5. The minimum absolute atomic E-state index is 0.0164. The van der Waals surface area contributed by atoms with Crippen molar-refractivity contribution in [1.82, 2.24) is 0 Å². The molecule has 0 amide bonds. The van der Waals surface area contributed by atoms with E-state index in [1.54, 1.807) is 6.07 Å². The van der Waals surface area contributed by atoms with Crippen LogP contribution in [-0.4, -0.2) is 16.0 Å². The Balaban J connectivity index is 2.60. The zero-order valence-electron chi connectivity index (χ0n) is 9.10. The summed E-state index contributed by atoms with van der Waals surface area (Å²) in [6.07, 6.45) is 0. The Morgan fingerprint density at radius 3 is 2.88 bits per heavy atom. The number of fused-ring (bicyclic) bond motifs is 1. The monoisotopic (exact) mass is 250 g/mol. The molecule has 0 atom stereocenters. The lowest BCUT2D eigenvalue weighted by Crippen LogP contribution is -2.11. The highest BCUT2D eigenvalue weighted by molar-refractivity contribution is 8.14. The molecule has 1 aromatic carbocycles. The van der Waals surface area contributed by atoms with E-state index in [0.717, 1.165) is 11.8 Å². The van der Waals surface area contributed by atoms with Crippen molar-refractivity contribution in [3.05, 3.63) is 40.2 Å². The maximum Gasteiger partial charge on any atom is 0.348 e. The molecule has 1 heterocycles. The van der Waals surface area contributed by atoms with Gasteiger partial charge in [-0.05, 0) is 24.0 Å². The first kappa shape index (κ1) is 11.7. The Bertz CT molecular complexity index is 630. The summed E-state index contributed by atoms with van der Waals surface area (Å²) in [4.78, 5) is 23.2. The number of rotatable bonds is 2. The summed E-state index contributed by atoms with van der Waals surface area (Å²) in [6, 6.07) is 5.91. The van der Waals surface area contributed by atoms with Crippen LogP contribution in [-0.2, 0) is 0 Å². The smallest absolute Gasteiger partial charge is 0.348 e. The molecule has 0 radical (unpaired) electrons. The second-order valence-electron chi connectivity index (χ2n) is 3.39. The number of carbonyl (C=O) groups is 1. The van der Waals surface area contributed by atoms with Gasteiger partial charge in [0, 0.05) is 11.5 Å². The maximum atomic E-state index is 11.6. The van der Waals surface area contributed by atoms with Crippen LogP contribution in [0.1, 0.15) is 17.3 Å². The fourth-order valence-corrected chi connectivity index (χ4v) is 2.01. The van der Waals surface area contributed by atoms with Gasteiger partial charge in [-0.1, -0.05) is 18.7 Å². The molecular formula is C12H10O4S. The number of phenols is 1. The Hall–Kier alpha value is -1.75. The summed E-state index contributed by atoms with van der Waals surface area (Å²) in [5.41, 5.74) is -0.364. The van der Waals surface area contributed by atoms with Gasteiger partial charge in [0.1, 0.15) is 16.9 Å². The van der Waals surface area contributed by atoms with Crippen LogP contribution in [0.5, 0.6) is 5.75 Å². The standard InChI is InChI=1S/C12H10O4S/c1-2-17-12(15)9-5-7-3-4-8(13)6-10(7)16-11(9)14/h3-6,13H,2H2,1H3. The fourth-order valence-electron chi connectivity index (χ4n) is 1.45. The molecule has 0 bridgehead atoms. The molecule has 5 heteroatoms. The maximum absolute atomic E-state index is 11.6. The number of carbonyl (C=O) groups excluding carboxylic acids is 1. The molecule has 0 aliphatic carbocycles. The van der Waals surface area contributed by atoms with Crippen molar-refractivity contribution < 1.29 is 14.3 Å². The predicted molar refractivity (Wildman–Crippen MR) is 66.6 cm³/mol. The van der Waals surface area contributed by atoms with Gasteiger partial charge >= 0.3 is 5.63 Å². The molecule has 0 unspecified atom stereocenters. The van der Waals surface area contributed by atoms with Crippen LogP contribution >= 0.6 is 11.8 Å². The Morgan fingerprint density at radius 1 is 1.41 bits per heavy atom. The molecule has 0 aliphatic rings. The molecule has 4 nitrogen and oxygen atoms in total. The first-order valence-electron chi connectivity index (χ1n) is 5.06. The van der Waals surface area contributed by atoms with Gasteiger partial charge in [0.25, 0.3) is 0 Å². The van der Waals surface area contributed by atoms with E-state index in [2.05, 4.69) is 0 Å². The highest BCUT2D eigenvalue weighted by Crippen LogP contribution is 2.20. The lowest BCUT2D eigenvalue weighted by Gasteiger charge is -2.00. The van der Waals surface area contributed by atoms with Gasteiger partial charge in [-0.2, -0.15) is 0 Å². The third kappa shape index (κ3) is 2.34. The van der Waals surface area contributed by atoms with Crippen molar-refractivity contribution in [2.24, 2.45) is 0 Å². The van der Waals surface area contributed by atoms with Crippen LogP contribution in [0.4, 0.5) is 0 Å². The first-order chi connectivity index (χ1) is 8.11. The number of benzene rings is 1. The molecular weight excluding hydrogens is 240 g/mol. The van der Waals surface area contributed by atoms with E-state index >= 15 is 0 Å². The summed E-state index contributed by atoms with van der Waals surface area (Å²) in [6.45, 7) is 1.84. The van der Waals surface area contributed by atoms with Crippen molar-refractivity contribution in [2.45, 2.75) is 6.92 Å². The molecule has 0 saturated heterocycles. The number of thioether (sulfide) groups is 1. The lowest BCUT2D eigenvalue weighted by atomic mass is 10.2. The summed E-state index contributed by atoms with van der Waals surface area (Å²) in [5.74, 6) is 0.619. The Morgan fingerprint density at radius 2 is 2.18 bits per heavy atom. The summed E-state index contributed by atoms with van der Waals surface area (Å²) in [7, 11) is 0. The molecule has 0 spiro atoms. The third-order valence-electron chi connectivity index (χ3n) is 2.21. The van der Waals surface area contributed by atoms with Crippen molar-refractivity contribution in [3.8, 4) is 5.75 Å². The summed E-state index contributed by atoms with van der Waals surface area (Å²) >= 11 is 1.06. The minimum atomic E-state index is -0.672. The zero-order valence-corrected chi connectivity index (χ0v) is 9.91. The van der Waals surface area contributed by atoms with E-state index in [0.29, 0.717) is 11.1 Å². The number of hydrogen-bond donors (Lipinski definition) is 1. The lowest BCUT2D eigenvalue weighted by molar-refractivity contribution is 0.108. The molecule has 2 aromatic rings. The largest absolute Gasteiger partial charge is 0.508 e. The van der Waals surface area contributed by atoms with Gasteiger partial charge in [0.15, 0.2) is 0 Å². The van der Waals surface area contributed by atoms with E-state index < -0.39 is 5.63 Å². The highest BCUT2D eigenvalue weighted by atomic mass is 32.2. The first-order valence-corrected chi connectivity index (χ1v) is 6.04. The Labute approximate surface area is 101 Å². The van der Waals surface area contributed by atoms with E-state index in [1.165, 1.54) is 18.2 Å². The quantitative estimate of drug-likeness (QED) is 0.829. The molecule has 1 N–H and O–H groups in total. The molecule has 2 rings (SSSR count). The minimum Gasteiger partial charge on any atom is -0.508 e. The summed E-state index contributed by atoms with van der Waals surface area (Å²) in [5, 5.41) is 9.57. The summed E-state index contributed by atoms with van der Waals surface area (Å²) < 4.78 is 4.99. The highest BCUT2D eigenvalue weighted by Gasteiger charge is 2.13. The van der Waals surface area contributed by atoms with Gasteiger partial charge in [-0.25, -0.2) is 4.79 Å². The van der Waals surface area contributed by atoms with Gasteiger partial charge in [-0.3, -0.25) is 4.79 Å². The van der Waals surface area contributed by atoms with Crippen LogP contribution in [0, 0.1) is 0 Å². The predicted octanol–water partition coefficient (Wildman–Crippen LogP) is 2.39. The topological polar surface area (TPSA) is 67.5 Å². The van der Waals surface area contributed by atoms with Crippen molar-refractivity contribution in [1.29, 1.82) is 0 Å². The van der Waals surface area contributed by atoms with Crippen molar-refractivity contribution >= 4 is 27.8 Å².